The topological polar surface area (TPSA) is 98.7 Å². The van der Waals surface area contributed by atoms with E-state index in [2.05, 4.69) is 26.6 Å². The molecule has 0 aromatic heterocycles. The first-order chi connectivity index (χ1) is 9.88. The Morgan fingerprint density at radius 2 is 1.86 bits per heavy atom. The number of nitrogens with one attached hydrogen (secondary N) is 2. The molecule has 1 aromatic carbocycles. The molecule has 1 rings (SSSR count). The molecule has 0 aliphatic carbocycles. The number of rotatable bonds is 6. The van der Waals surface area contributed by atoms with Crippen molar-refractivity contribution >= 4 is 39.5 Å². The van der Waals surface area contributed by atoms with Crippen LogP contribution in [0.25, 0.3) is 0 Å². The Kier molecular flexibility index (Phi) is 6.67. The number of carbonyl (C=O) groups is 3. The van der Waals surface area contributed by atoms with Gasteiger partial charge in [-0.25, -0.2) is 4.79 Å². The molecule has 0 saturated carbocycles. The zero-order valence-electron chi connectivity index (χ0n) is 11.4. The fraction of sp³-hybridized carbons (Fsp3) is 0.308. The number of aliphatic carboxylic acids is 1. The molecule has 0 bridgehead atoms. The highest BCUT2D eigenvalue weighted by atomic mass is 79.9. The quantitative estimate of drug-likeness (QED) is 0.718. The van der Waals surface area contributed by atoms with Gasteiger partial charge in [-0.15, -0.1) is 0 Å². The highest BCUT2D eigenvalue weighted by Gasteiger charge is 2.12. The van der Waals surface area contributed by atoms with Gasteiger partial charge in [0.25, 0.3) is 0 Å². The first kappa shape index (κ1) is 17.0. The summed E-state index contributed by atoms with van der Waals surface area (Å²) in [6, 6.07) is 6.62. The monoisotopic (exact) mass is 357 g/mol. The molecule has 0 saturated heterocycles. The van der Waals surface area contributed by atoms with Crippen molar-refractivity contribution in [1.29, 1.82) is 0 Å². The van der Waals surface area contributed by atoms with E-state index in [1.165, 1.54) is 7.05 Å². The number of anilines is 1. The Bertz CT molecular complexity index is 519. The smallest absolute Gasteiger partial charge is 0.323 e. The summed E-state index contributed by atoms with van der Waals surface area (Å²) in [4.78, 5) is 34.7. The Labute approximate surface area is 130 Å². The van der Waals surface area contributed by atoms with Gasteiger partial charge in [0.2, 0.25) is 5.91 Å². The zero-order chi connectivity index (χ0) is 15.8. The molecule has 3 N–H and O–H groups in total. The van der Waals surface area contributed by atoms with E-state index in [1.807, 2.05) is 0 Å². The lowest BCUT2D eigenvalue weighted by atomic mass is 10.3. The van der Waals surface area contributed by atoms with Gasteiger partial charge < -0.3 is 20.6 Å². The predicted octanol–water partition coefficient (Wildman–Crippen LogP) is 1.50. The summed E-state index contributed by atoms with van der Waals surface area (Å²) >= 11 is 3.29. The number of urea groups is 1. The third-order valence-electron chi connectivity index (χ3n) is 2.52. The van der Waals surface area contributed by atoms with Crippen molar-refractivity contribution in [1.82, 2.24) is 10.2 Å². The molecule has 0 unspecified atom stereocenters. The van der Waals surface area contributed by atoms with E-state index in [9.17, 15) is 14.4 Å². The van der Waals surface area contributed by atoms with Crippen LogP contribution in [0.4, 0.5) is 10.5 Å². The first-order valence-electron chi connectivity index (χ1n) is 6.14. The van der Waals surface area contributed by atoms with Crippen LogP contribution in [0.5, 0.6) is 0 Å². The van der Waals surface area contributed by atoms with Gasteiger partial charge in [-0.2, -0.15) is 0 Å². The average molecular weight is 358 g/mol. The van der Waals surface area contributed by atoms with Crippen LogP contribution < -0.4 is 10.6 Å². The minimum Gasteiger partial charge on any atom is -0.480 e. The Balaban J connectivity index is 2.28. The van der Waals surface area contributed by atoms with E-state index < -0.39 is 12.0 Å². The van der Waals surface area contributed by atoms with Gasteiger partial charge in [0.15, 0.2) is 0 Å². The lowest BCUT2D eigenvalue weighted by Crippen LogP contribution is -2.36. The molecule has 0 radical (unpaired) electrons. The largest absolute Gasteiger partial charge is 0.480 e. The number of carboxylic acid groups (broad SMARTS) is 1. The van der Waals surface area contributed by atoms with Crippen molar-refractivity contribution in [2.45, 2.75) is 6.42 Å². The van der Waals surface area contributed by atoms with E-state index in [0.717, 1.165) is 9.37 Å². The number of nitrogens with zero attached hydrogens (tertiary/aromatic N) is 1. The molecule has 21 heavy (non-hydrogen) atoms. The maximum absolute atomic E-state index is 11.6. The third kappa shape index (κ3) is 6.75. The normalized spacial score (nSPS) is 9.81. The summed E-state index contributed by atoms with van der Waals surface area (Å²) in [6.45, 7) is -0.227. The standard InChI is InChI=1S/C13H16BrN3O4/c1-17(8-12(19)20)11(18)6-7-15-13(21)16-10-4-2-9(14)3-5-10/h2-5H,6-8H2,1H3,(H,19,20)(H2,15,16,21). The van der Waals surface area contributed by atoms with Crippen molar-refractivity contribution in [3.8, 4) is 0 Å². The third-order valence-corrected chi connectivity index (χ3v) is 3.05. The second kappa shape index (κ2) is 8.25. The summed E-state index contributed by atoms with van der Waals surface area (Å²) in [6.07, 6.45) is 0.0392. The molecule has 0 spiro atoms. The van der Waals surface area contributed by atoms with Gasteiger partial charge in [-0.05, 0) is 24.3 Å². The van der Waals surface area contributed by atoms with Crippen LogP contribution in [0.1, 0.15) is 6.42 Å². The van der Waals surface area contributed by atoms with Crippen molar-refractivity contribution < 1.29 is 19.5 Å². The molecule has 0 aliphatic rings. The highest BCUT2D eigenvalue weighted by Crippen LogP contribution is 2.13. The molecule has 3 amide bonds. The molecule has 0 atom stereocenters. The summed E-state index contributed by atoms with van der Waals surface area (Å²) in [7, 11) is 1.40. The first-order valence-corrected chi connectivity index (χ1v) is 6.94. The van der Waals surface area contributed by atoms with Crippen molar-refractivity contribution in [3.05, 3.63) is 28.7 Å². The van der Waals surface area contributed by atoms with Gasteiger partial charge in [-0.1, -0.05) is 15.9 Å². The molecule has 0 fully saturated rings. The minimum absolute atomic E-state index is 0.0392. The van der Waals surface area contributed by atoms with Crippen molar-refractivity contribution in [2.75, 3.05) is 25.5 Å². The summed E-state index contributed by atoms with van der Waals surface area (Å²) in [5, 5.41) is 13.7. The molecular formula is C13H16BrN3O4. The highest BCUT2D eigenvalue weighted by molar-refractivity contribution is 9.10. The minimum atomic E-state index is -1.08. The number of hydrogen-bond donors (Lipinski definition) is 3. The Morgan fingerprint density at radius 3 is 2.43 bits per heavy atom. The molecule has 7 nitrogen and oxygen atoms in total. The van der Waals surface area contributed by atoms with E-state index in [0.29, 0.717) is 5.69 Å². The van der Waals surface area contributed by atoms with Crippen LogP contribution in [-0.4, -0.2) is 48.1 Å². The Hall–Kier alpha value is -2.09. The summed E-state index contributed by atoms with van der Waals surface area (Å²) < 4.78 is 0.903. The number of hydrogen-bond acceptors (Lipinski definition) is 3. The molecule has 0 aliphatic heterocycles. The van der Waals surface area contributed by atoms with Crippen LogP contribution in [-0.2, 0) is 9.59 Å². The summed E-state index contributed by atoms with van der Waals surface area (Å²) in [5.74, 6) is -1.42. The number of carbonyl (C=O) groups excluding carboxylic acids is 2. The lowest BCUT2D eigenvalue weighted by molar-refractivity contribution is -0.143. The van der Waals surface area contributed by atoms with Crippen LogP contribution in [0.3, 0.4) is 0 Å². The fourth-order valence-electron chi connectivity index (χ4n) is 1.47. The number of benzene rings is 1. The second-order valence-electron chi connectivity index (χ2n) is 4.28. The predicted molar refractivity (Wildman–Crippen MR) is 81.1 cm³/mol. The maximum atomic E-state index is 11.6. The molecule has 0 heterocycles. The summed E-state index contributed by atoms with van der Waals surface area (Å²) in [5.41, 5.74) is 0.630. The molecule has 114 valence electrons. The molecule has 1 aromatic rings. The van der Waals surface area contributed by atoms with Crippen LogP contribution in [0.2, 0.25) is 0 Å². The van der Waals surface area contributed by atoms with E-state index in [1.54, 1.807) is 24.3 Å². The number of amides is 3. The second-order valence-corrected chi connectivity index (χ2v) is 5.20. The average Bonchev–Trinajstić information content (AvgIpc) is 2.40. The lowest BCUT2D eigenvalue weighted by Gasteiger charge is -2.14. The van der Waals surface area contributed by atoms with Crippen molar-refractivity contribution in [2.24, 2.45) is 0 Å². The molecular weight excluding hydrogens is 342 g/mol. The SMILES string of the molecule is CN(CC(=O)O)C(=O)CCNC(=O)Nc1ccc(Br)cc1. The van der Waals surface area contributed by atoms with Crippen LogP contribution in [0, 0.1) is 0 Å². The van der Waals surface area contributed by atoms with Crippen LogP contribution >= 0.6 is 15.9 Å². The molecule has 8 heteroatoms. The number of halogens is 1. The van der Waals surface area contributed by atoms with Gasteiger partial charge in [0.1, 0.15) is 6.54 Å². The fourth-order valence-corrected chi connectivity index (χ4v) is 1.74. The van der Waals surface area contributed by atoms with Gasteiger partial charge >= 0.3 is 12.0 Å². The van der Waals surface area contributed by atoms with Gasteiger partial charge in [0.05, 0.1) is 0 Å². The van der Waals surface area contributed by atoms with Gasteiger partial charge in [0, 0.05) is 30.2 Å². The van der Waals surface area contributed by atoms with Crippen molar-refractivity contribution in [3.63, 3.8) is 0 Å². The van der Waals surface area contributed by atoms with E-state index in [-0.39, 0.29) is 25.4 Å². The van der Waals surface area contributed by atoms with E-state index in [4.69, 9.17) is 5.11 Å². The number of likely N-dealkylation sites (N-methyl/N-ethyl adjacent to an activating group) is 1. The van der Waals surface area contributed by atoms with Crippen LogP contribution in [0.15, 0.2) is 28.7 Å². The van der Waals surface area contributed by atoms with Gasteiger partial charge in [-0.3, -0.25) is 9.59 Å². The zero-order valence-corrected chi connectivity index (χ0v) is 13.0. The van der Waals surface area contributed by atoms with E-state index >= 15 is 0 Å². The maximum Gasteiger partial charge on any atom is 0.323 e. The number of carboxylic acids is 1. The Morgan fingerprint density at radius 1 is 1.24 bits per heavy atom.